The lowest BCUT2D eigenvalue weighted by Gasteiger charge is -2.21. The first-order valence-electron chi connectivity index (χ1n) is 9.25. The van der Waals surface area contributed by atoms with Crippen molar-refractivity contribution in [3.05, 3.63) is 77.6 Å². The average molecular weight is 379 g/mol. The largest absolute Gasteiger partial charge is 0.345 e. The number of nitrogens with zero attached hydrogens (tertiary/aromatic N) is 4. The van der Waals surface area contributed by atoms with E-state index >= 15 is 0 Å². The summed E-state index contributed by atoms with van der Waals surface area (Å²) < 4.78 is 4.53. The molecule has 2 aromatic carbocycles. The summed E-state index contributed by atoms with van der Waals surface area (Å²) >= 11 is 1.45. The van der Waals surface area contributed by atoms with Crippen LogP contribution in [0.4, 0.5) is 5.13 Å². The van der Waals surface area contributed by atoms with E-state index < -0.39 is 0 Å². The number of carbonyl (C=O) groups excluding carboxylic acids is 1. The molecule has 1 fully saturated rings. The Morgan fingerprint density at radius 1 is 0.926 bits per heavy atom. The van der Waals surface area contributed by atoms with E-state index in [0.717, 1.165) is 49.0 Å². The smallest absolute Gasteiger partial charge is 0.253 e. The quantitative estimate of drug-likeness (QED) is 0.697. The maximum Gasteiger partial charge on any atom is 0.253 e. The van der Waals surface area contributed by atoms with Crippen molar-refractivity contribution in [3.8, 4) is 0 Å². The van der Waals surface area contributed by atoms with Crippen LogP contribution in [0.3, 0.4) is 0 Å². The number of aromatic nitrogens is 2. The molecule has 1 aromatic heterocycles. The highest BCUT2D eigenvalue weighted by molar-refractivity contribution is 7.09. The van der Waals surface area contributed by atoms with Crippen molar-refractivity contribution in [2.45, 2.75) is 12.8 Å². The zero-order chi connectivity index (χ0) is 18.5. The fourth-order valence-corrected chi connectivity index (χ4v) is 4.04. The van der Waals surface area contributed by atoms with Gasteiger partial charge in [-0.2, -0.15) is 4.37 Å². The molecule has 1 aliphatic rings. The monoisotopic (exact) mass is 378 g/mol. The first kappa shape index (κ1) is 17.7. The Labute approximate surface area is 163 Å². The summed E-state index contributed by atoms with van der Waals surface area (Å²) in [6.45, 7) is 3.18. The molecule has 0 bridgehead atoms. The summed E-state index contributed by atoms with van der Waals surface area (Å²) in [7, 11) is 0. The predicted octanol–water partition coefficient (Wildman–Crippen LogP) is 3.48. The van der Waals surface area contributed by atoms with E-state index in [0.29, 0.717) is 6.54 Å². The van der Waals surface area contributed by atoms with E-state index in [1.807, 2.05) is 53.4 Å². The molecule has 4 rings (SSSR count). The van der Waals surface area contributed by atoms with Crippen molar-refractivity contribution in [2.24, 2.45) is 0 Å². The van der Waals surface area contributed by atoms with Gasteiger partial charge >= 0.3 is 0 Å². The molecule has 3 aromatic rings. The molecular formula is C21H22N4OS. The Kier molecular flexibility index (Phi) is 5.44. The Bertz CT molecular complexity index is 881. The van der Waals surface area contributed by atoms with E-state index in [2.05, 4.69) is 21.4 Å². The lowest BCUT2D eigenvalue weighted by molar-refractivity contribution is 0.0767. The molecule has 0 radical (unpaired) electrons. The molecule has 1 aliphatic heterocycles. The van der Waals surface area contributed by atoms with Crippen LogP contribution in [0.2, 0.25) is 0 Å². The third-order valence-electron chi connectivity index (χ3n) is 4.74. The van der Waals surface area contributed by atoms with Gasteiger partial charge < -0.3 is 9.80 Å². The van der Waals surface area contributed by atoms with E-state index in [1.165, 1.54) is 17.1 Å². The summed E-state index contributed by atoms with van der Waals surface area (Å²) in [5.74, 6) is 0.974. The molecule has 0 N–H and O–H groups in total. The van der Waals surface area contributed by atoms with Gasteiger partial charge in [0.25, 0.3) is 5.91 Å². The molecule has 6 heteroatoms. The molecule has 1 saturated heterocycles. The normalized spacial score (nSPS) is 14.8. The van der Waals surface area contributed by atoms with Crippen LogP contribution in [0.25, 0.3) is 0 Å². The predicted molar refractivity (Wildman–Crippen MR) is 108 cm³/mol. The van der Waals surface area contributed by atoms with Crippen LogP contribution in [0.5, 0.6) is 0 Å². The highest BCUT2D eigenvalue weighted by atomic mass is 32.1. The number of hydrogen-bond donors (Lipinski definition) is 0. The molecule has 0 spiro atoms. The third kappa shape index (κ3) is 4.34. The van der Waals surface area contributed by atoms with Gasteiger partial charge in [-0.15, -0.1) is 0 Å². The van der Waals surface area contributed by atoms with Crippen molar-refractivity contribution in [1.82, 2.24) is 14.3 Å². The second-order valence-corrected chi connectivity index (χ2v) is 7.38. The van der Waals surface area contributed by atoms with Gasteiger partial charge in [0.15, 0.2) is 0 Å². The zero-order valence-corrected chi connectivity index (χ0v) is 15.9. The van der Waals surface area contributed by atoms with Crippen LogP contribution in [-0.2, 0) is 6.42 Å². The first-order chi connectivity index (χ1) is 13.3. The zero-order valence-electron chi connectivity index (χ0n) is 15.1. The van der Waals surface area contributed by atoms with Gasteiger partial charge in [0.1, 0.15) is 5.82 Å². The second kappa shape index (κ2) is 8.31. The number of rotatable bonds is 4. The van der Waals surface area contributed by atoms with Gasteiger partial charge in [-0.25, -0.2) is 4.98 Å². The fourth-order valence-electron chi connectivity index (χ4n) is 3.30. The molecule has 0 atom stereocenters. The minimum absolute atomic E-state index is 0.111. The highest BCUT2D eigenvalue weighted by Crippen LogP contribution is 2.21. The number of amides is 1. The first-order valence-corrected chi connectivity index (χ1v) is 10.0. The van der Waals surface area contributed by atoms with Crippen molar-refractivity contribution < 1.29 is 4.79 Å². The molecule has 0 unspecified atom stereocenters. The molecule has 1 amide bonds. The summed E-state index contributed by atoms with van der Waals surface area (Å²) in [5, 5.41) is 0.954. The van der Waals surface area contributed by atoms with Gasteiger partial charge in [0.05, 0.1) is 0 Å². The van der Waals surface area contributed by atoms with E-state index in [4.69, 9.17) is 4.98 Å². The van der Waals surface area contributed by atoms with Gasteiger partial charge in [-0.3, -0.25) is 4.79 Å². The topological polar surface area (TPSA) is 49.3 Å². The third-order valence-corrected chi connectivity index (χ3v) is 5.55. The van der Waals surface area contributed by atoms with Crippen LogP contribution in [0.1, 0.15) is 28.2 Å². The lowest BCUT2D eigenvalue weighted by atomic mass is 10.1. The Hall–Kier alpha value is -2.73. The molecule has 138 valence electrons. The Morgan fingerprint density at radius 2 is 1.67 bits per heavy atom. The van der Waals surface area contributed by atoms with Crippen LogP contribution in [-0.4, -0.2) is 46.3 Å². The fraction of sp³-hybridized carbons (Fsp3) is 0.286. The minimum atomic E-state index is 0.111. The van der Waals surface area contributed by atoms with Crippen LogP contribution in [0, 0.1) is 0 Å². The molecule has 0 saturated carbocycles. The number of hydrogen-bond acceptors (Lipinski definition) is 5. The second-order valence-electron chi connectivity index (χ2n) is 6.65. The van der Waals surface area contributed by atoms with Gasteiger partial charge in [-0.1, -0.05) is 48.5 Å². The SMILES string of the molecule is O=C(c1ccccc1)N1CCCN(c2nc(Cc3ccccc3)ns2)CC1. The van der Waals surface area contributed by atoms with E-state index in [1.54, 1.807) is 0 Å². The molecule has 0 aliphatic carbocycles. The molecule has 5 nitrogen and oxygen atoms in total. The summed E-state index contributed by atoms with van der Waals surface area (Å²) in [4.78, 5) is 21.6. The van der Waals surface area contributed by atoms with Crippen molar-refractivity contribution in [2.75, 3.05) is 31.1 Å². The van der Waals surface area contributed by atoms with Crippen molar-refractivity contribution in [3.63, 3.8) is 0 Å². The lowest BCUT2D eigenvalue weighted by Crippen LogP contribution is -2.35. The summed E-state index contributed by atoms with van der Waals surface area (Å²) in [6.07, 6.45) is 1.69. The standard InChI is InChI=1S/C21H22N4OS/c26-20(18-10-5-2-6-11-18)24-12-7-13-25(15-14-24)21-22-19(23-27-21)16-17-8-3-1-4-9-17/h1-6,8-11H,7,12-16H2. The Morgan fingerprint density at radius 3 is 2.44 bits per heavy atom. The number of carbonyl (C=O) groups is 1. The molecule has 2 heterocycles. The van der Waals surface area contributed by atoms with Crippen LogP contribution >= 0.6 is 11.5 Å². The van der Waals surface area contributed by atoms with E-state index in [9.17, 15) is 4.79 Å². The minimum Gasteiger partial charge on any atom is -0.345 e. The molecule has 27 heavy (non-hydrogen) atoms. The van der Waals surface area contributed by atoms with Gasteiger partial charge in [0, 0.05) is 49.7 Å². The van der Waals surface area contributed by atoms with Crippen molar-refractivity contribution in [1.29, 1.82) is 0 Å². The maximum atomic E-state index is 12.7. The maximum absolute atomic E-state index is 12.7. The summed E-state index contributed by atoms with van der Waals surface area (Å²) in [5.41, 5.74) is 1.98. The Balaban J connectivity index is 1.39. The average Bonchev–Trinajstić information content (AvgIpc) is 3.04. The van der Waals surface area contributed by atoms with Gasteiger partial charge in [-0.05, 0) is 24.1 Å². The number of anilines is 1. The van der Waals surface area contributed by atoms with Crippen LogP contribution in [0.15, 0.2) is 60.7 Å². The summed E-state index contributed by atoms with van der Waals surface area (Å²) in [6, 6.07) is 19.8. The van der Waals surface area contributed by atoms with Crippen LogP contribution < -0.4 is 4.90 Å². The number of benzene rings is 2. The van der Waals surface area contributed by atoms with E-state index in [-0.39, 0.29) is 5.91 Å². The van der Waals surface area contributed by atoms with Crippen molar-refractivity contribution >= 4 is 22.6 Å². The molecular weight excluding hydrogens is 356 g/mol. The van der Waals surface area contributed by atoms with Gasteiger partial charge in [0.2, 0.25) is 5.13 Å². The highest BCUT2D eigenvalue weighted by Gasteiger charge is 2.22.